The Hall–Kier alpha value is -2.23. The van der Waals surface area contributed by atoms with Gasteiger partial charge < -0.3 is 25.4 Å². The van der Waals surface area contributed by atoms with Crippen molar-refractivity contribution in [3.63, 3.8) is 0 Å². The van der Waals surface area contributed by atoms with Crippen molar-refractivity contribution in [1.82, 2.24) is 9.55 Å². The molecule has 1 aliphatic carbocycles. The molecule has 158 valence electrons. The number of aromatic carboxylic acids is 1. The molecule has 0 amide bonds. The molecule has 1 saturated heterocycles. The number of anilines is 1. The van der Waals surface area contributed by atoms with Crippen LogP contribution in [-0.2, 0) is 0 Å². The highest BCUT2D eigenvalue weighted by Gasteiger charge is 2.31. The van der Waals surface area contributed by atoms with Crippen LogP contribution in [0.5, 0.6) is 0 Å². The maximum Gasteiger partial charge on any atom is 0.341 e. The lowest BCUT2D eigenvalue weighted by Crippen LogP contribution is -2.49. The normalized spacial score (nSPS) is 21.8. The summed E-state index contributed by atoms with van der Waals surface area (Å²) in [6.45, 7) is 1.02. The number of piperidine rings is 1. The third kappa shape index (κ3) is 3.94. The second-order valence-corrected chi connectivity index (χ2v) is 7.65. The number of carbonyl (C=O) groups is 1. The lowest BCUT2D eigenvalue weighted by Gasteiger charge is -2.37. The Labute approximate surface area is 172 Å². The molecule has 4 rings (SSSR count). The average Bonchev–Trinajstić information content (AvgIpc) is 3.49. The molecule has 0 spiro atoms. The highest BCUT2D eigenvalue weighted by atomic mass is 35.5. The number of rotatable bonds is 5. The maximum absolute atomic E-state index is 14.9. The molecule has 0 bridgehead atoms. The molecule has 3 heterocycles. The molecule has 10 heteroatoms. The van der Waals surface area contributed by atoms with Gasteiger partial charge in [-0.2, -0.15) is 0 Å². The zero-order valence-corrected chi connectivity index (χ0v) is 16.6. The smallest absolute Gasteiger partial charge is 0.341 e. The number of nitrogens with two attached hydrogens (primary N) is 1. The maximum atomic E-state index is 14.9. The van der Waals surface area contributed by atoms with Gasteiger partial charge in [0.25, 0.3) is 0 Å². The molecule has 8 nitrogen and oxygen atoms in total. The van der Waals surface area contributed by atoms with E-state index in [9.17, 15) is 19.1 Å². The van der Waals surface area contributed by atoms with Gasteiger partial charge in [0.15, 0.2) is 11.6 Å². The SMILES string of the molecule is Cl.N[C@@H]1CN(c2nc3c(cc2F)c(=O)c(C(=O)O)cn3C2CC2)CC[C@H]1CCO. The van der Waals surface area contributed by atoms with Gasteiger partial charge in [-0.05, 0) is 37.7 Å². The molecule has 2 atom stereocenters. The lowest BCUT2D eigenvalue weighted by atomic mass is 9.89. The molecule has 0 unspecified atom stereocenters. The number of hydrogen-bond acceptors (Lipinski definition) is 6. The second-order valence-electron chi connectivity index (χ2n) is 7.65. The summed E-state index contributed by atoms with van der Waals surface area (Å²) in [5.41, 5.74) is 5.40. The highest BCUT2D eigenvalue weighted by Crippen LogP contribution is 2.37. The van der Waals surface area contributed by atoms with Crippen LogP contribution in [0, 0.1) is 11.7 Å². The number of halogens is 2. The fourth-order valence-corrected chi connectivity index (χ4v) is 3.99. The van der Waals surface area contributed by atoms with Gasteiger partial charge in [0, 0.05) is 38.0 Å². The van der Waals surface area contributed by atoms with Gasteiger partial charge in [0.1, 0.15) is 11.2 Å². The van der Waals surface area contributed by atoms with Gasteiger partial charge in [0.05, 0.1) is 5.39 Å². The van der Waals surface area contributed by atoms with Gasteiger partial charge in [0.2, 0.25) is 5.43 Å². The number of pyridine rings is 2. The van der Waals surface area contributed by atoms with Crippen molar-refractivity contribution < 1.29 is 19.4 Å². The second kappa shape index (κ2) is 8.25. The van der Waals surface area contributed by atoms with Crippen LogP contribution in [-0.4, -0.2) is 51.5 Å². The summed E-state index contributed by atoms with van der Waals surface area (Å²) in [7, 11) is 0. The number of carboxylic acid groups (broad SMARTS) is 1. The molecule has 1 saturated carbocycles. The van der Waals surface area contributed by atoms with E-state index in [0.29, 0.717) is 31.6 Å². The largest absolute Gasteiger partial charge is 0.477 e. The molecule has 2 fully saturated rings. The lowest BCUT2D eigenvalue weighted by molar-refractivity contribution is 0.0695. The number of aromatic nitrogens is 2. The molecule has 0 aromatic carbocycles. The number of hydrogen-bond donors (Lipinski definition) is 3. The zero-order valence-electron chi connectivity index (χ0n) is 15.8. The van der Waals surface area contributed by atoms with E-state index in [1.807, 2.05) is 0 Å². The Morgan fingerprint density at radius 3 is 2.66 bits per heavy atom. The summed E-state index contributed by atoms with van der Waals surface area (Å²) in [5, 5.41) is 18.4. The summed E-state index contributed by atoms with van der Waals surface area (Å²) >= 11 is 0. The summed E-state index contributed by atoms with van der Waals surface area (Å²) in [5.74, 6) is -1.69. The minimum absolute atomic E-state index is 0. The summed E-state index contributed by atoms with van der Waals surface area (Å²) < 4.78 is 16.5. The Morgan fingerprint density at radius 2 is 2.07 bits per heavy atom. The van der Waals surface area contributed by atoms with Crippen molar-refractivity contribution >= 4 is 35.2 Å². The molecule has 29 heavy (non-hydrogen) atoms. The average molecular weight is 427 g/mol. The van der Waals surface area contributed by atoms with Crippen molar-refractivity contribution in [2.24, 2.45) is 11.7 Å². The monoisotopic (exact) mass is 426 g/mol. The minimum atomic E-state index is -1.33. The first kappa shape index (κ1) is 21.5. The van der Waals surface area contributed by atoms with E-state index in [1.54, 1.807) is 9.47 Å². The van der Waals surface area contributed by atoms with Crippen LogP contribution in [0.25, 0.3) is 11.0 Å². The molecule has 0 radical (unpaired) electrons. The highest BCUT2D eigenvalue weighted by molar-refractivity contribution is 5.92. The van der Waals surface area contributed by atoms with Gasteiger partial charge in [-0.3, -0.25) is 4.79 Å². The van der Waals surface area contributed by atoms with Crippen molar-refractivity contribution in [2.45, 2.75) is 37.8 Å². The standard InChI is InChI=1S/C19H23FN4O4.ClH/c20-14-7-12-16(26)13(19(27)28)8-24(11-1-2-11)17(12)22-18(14)23-5-3-10(4-6-25)15(21)9-23;/h7-8,10-11,15,25H,1-6,9,21H2,(H,27,28);1H/t10-,15+;/m0./s1. The van der Waals surface area contributed by atoms with Crippen LogP contribution < -0.4 is 16.1 Å². The predicted molar refractivity (Wildman–Crippen MR) is 108 cm³/mol. The quantitative estimate of drug-likeness (QED) is 0.662. The Morgan fingerprint density at radius 1 is 1.34 bits per heavy atom. The van der Waals surface area contributed by atoms with Crippen molar-refractivity contribution in [3.05, 3.63) is 33.9 Å². The molecule has 2 aromatic heterocycles. The van der Waals surface area contributed by atoms with Crippen molar-refractivity contribution in [2.75, 3.05) is 24.6 Å². The summed E-state index contributed by atoms with van der Waals surface area (Å²) in [6.07, 6.45) is 4.38. The van der Waals surface area contributed by atoms with E-state index in [1.165, 1.54) is 6.20 Å². The first-order valence-electron chi connectivity index (χ1n) is 9.50. The van der Waals surface area contributed by atoms with Crippen LogP contribution in [0.3, 0.4) is 0 Å². The van der Waals surface area contributed by atoms with E-state index >= 15 is 0 Å². The number of aliphatic hydroxyl groups excluding tert-OH is 1. The van der Waals surface area contributed by atoms with E-state index in [0.717, 1.165) is 18.9 Å². The first-order valence-corrected chi connectivity index (χ1v) is 9.50. The molecule has 1 aliphatic heterocycles. The number of aliphatic hydroxyl groups is 1. The third-order valence-electron chi connectivity index (χ3n) is 5.72. The van der Waals surface area contributed by atoms with E-state index in [2.05, 4.69) is 4.98 Å². The van der Waals surface area contributed by atoms with Gasteiger partial charge >= 0.3 is 5.97 Å². The predicted octanol–water partition coefficient (Wildman–Crippen LogP) is 1.53. The van der Waals surface area contributed by atoms with Crippen LogP contribution >= 0.6 is 12.4 Å². The van der Waals surface area contributed by atoms with Gasteiger partial charge in [-0.15, -0.1) is 12.4 Å². The molecule has 4 N–H and O–H groups in total. The Bertz CT molecular complexity index is 994. The van der Waals surface area contributed by atoms with Gasteiger partial charge in [-0.25, -0.2) is 14.2 Å². The van der Waals surface area contributed by atoms with Crippen molar-refractivity contribution in [1.29, 1.82) is 0 Å². The third-order valence-corrected chi connectivity index (χ3v) is 5.72. The molecule has 2 aromatic rings. The van der Waals surface area contributed by atoms with E-state index in [-0.39, 0.29) is 53.8 Å². The molecular formula is C19H24ClFN4O4. The van der Waals surface area contributed by atoms with Crippen LogP contribution in [0.15, 0.2) is 17.1 Å². The molecular weight excluding hydrogens is 403 g/mol. The van der Waals surface area contributed by atoms with Gasteiger partial charge in [-0.1, -0.05) is 0 Å². The minimum Gasteiger partial charge on any atom is -0.477 e. The number of fused-ring (bicyclic) bond motifs is 1. The van der Waals surface area contributed by atoms with Crippen LogP contribution in [0.1, 0.15) is 42.1 Å². The summed E-state index contributed by atoms with van der Waals surface area (Å²) in [6, 6.07) is 0.957. The molecule has 2 aliphatic rings. The van der Waals surface area contributed by atoms with Crippen LogP contribution in [0.2, 0.25) is 0 Å². The number of carboxylic acids is 1. The fraction of sp³-hybridized carbons (Fsp3) is 0.526. The van der Waals surface area contributed by atoms with E-state index in [4.69, 9.17) is 10.8 Å². The van der Waals surface area contributed by atoms with Crippen molar-refractivity contribution in [3.8, 4) is 0 Å². The van der Waals surface area contributed by atoms with Crippen LogP contribution in [0.4, 0.5) is 10.2 Å². The fourth-order valence-electron chi connectivity index (χ4n) is 3.99. The Balaban J connectivity index is 0.00000240. The Kier molecular flexibility index (Phi) is 6.11. The summed E-state index contributed by atoms with van der Waals surface area (Å²) in [4.78, 5) is 30.1. The van der Waals surface area contributed by atoms with E-state index < -0.39 is 17.2 Å². The first-order chi connectivity index (χ1) is 13.4. The topological polar surface area (TPSA) is 122 Å². The zero-order chi connectivity index (χ0) is 20.0. The number of nitrogens with zero attached hydrogens (tertiary/aromatic N) is 3.